The first-order valence-electron chi connectivity index (χ1n) is 6.22. The molecule has 0 unspecified atom stereocenters. The van der Waals surface area contributed by atoms with Crippen LogP contribution in [-0.4, -0.2) is 20.1 Å². The molecular weight excluding hydrogens is 266 g/mol. The fraction of sp³-hybridized carbons (Fsp3) is 0.833. The van der Waals surface area contributed by atoms with Gasteiger partial charge in [-0.15, -0.1) is 0 Å². The second-order valence-corrected chi connectivity index (χ2v) is 5.48. The molecule has 90 valence electrons. The van der Waals surface area contributed by atoms with Crippen molar-refractivity contribution < 1.29 is 0 Å². The Morgan fingerprint density at radius 1 is 1.44 bits per heavy atom. The van der Waals surface area contributed by atoms with E-state index >= 15 is 0 Å². The van der Waals surface area contributed by atoms with Crippen molar-refractivity contribution in [1.82, 2.24) is 14.8 Å². The van der Waals surface area contributed by atoms with Gasteiger partial charge in [-0.25, -0.2) is 4.98 Å². The molecule has 0 N–H and O–H groups in total. The molecule has 1 aliphatic rings. The van der Waals surface area contributed by atoms with Crippen molar-refractivity contribution >= 4 is 15.9 Å². The predicted molar refractivity (Wildman–Crippen MR) is 68.7 cm³/mol. The number of alkyl halides is 1. The number of hydrogen-bond acceptors (Lipinski definition) is 2. The van der Waals surface area contributed by atoms with E-state index in [-0.39, 0.29) is 0 Å². The van der Waals surface area contributed by atoms with Gasteiger partial charge < -0.3 is 0 Å². The lowest BCUT2D eigenvalue weighted by Crippen LogP contribution is -2.24. The molecule has 1 fully saturated rings. The summed E-state index contributed by atoms with van der Waals surface area (Å²) in [5, 5.41) is 5.40. The molecule has 0 bridgehead atoms. The molecule has 1 aromatic heterocycles. The molecular formula is C12H20BrN3. The summed E-state index contributed by atoms with van der Waals surface area (Å²) < 4.78 is 2.07. The molecule has 1 heterocycles. The normalized spacial score (nSPS) is 19.1. The second-order valence-electron chi connectivity index (χ2n) is 4.92. The molecule has 0 saturated heterocycles. The lowest BCUT2D eigenvalue weighted by molar-refractivity contribution is 0.330. The van der Waals surface area contributed by atoms with Crippen LogP contribution >= 0.6 is 15.9 Å². The highest BCUT2D eigenvalue weighted by Gasteiger charge is 2.34. The fourth-order valence-corrected chi connectivity index (χ4v) is 3.40. The molecule has 0 amide bonds. The average molecular weight is 286 g/mol. The lowest BCUT2D eigenvalue weighted by atomic mass is 9.85. The van der Waals surface area contributed by atoms with Crippen LogP contribution in [0.2, 0.25) is 0 Å². The van der Waals surface area contributed by atoms with Gasteiger partial charge in [0.15, 0.2) is 0 Å². The van der Waals surface area contributed by atoms with E-state index in [9.17, 15) is 0 Å². The van der Waals surface area contributed by atoms with E-state index in [1.54, 1.807) is 6.33 Å². The number of aryl methyl sites for hydroxylation is 1. The Morgan fingerprint density at radius 2 is 2.19 bits per heavy atom. The van der Waals surface area contributed by atoms with E-state index < -0.39 is 0 Å². The molecule has 0 spiro atoms. The zero-order valence-electron chi connectivity index (χ0n) is 9.95. The van der Waals surface area contributed by atoms with Crippen LogP contribution in [0, 0.1) is 5.41 Å². The van der Waals surface area contributed by atoms with E-state index in [0.717, 1.165) is 24.7 Å². The first kappa shape index (κ1) is 12.1. The highest BCUT2D eigenvalue weighted by molar-refractivity contribution is 9.09. The Balaban J connectivity index is 2.09. The van der Waals surface area contributed by atoms with E-state index in [0.29, 0.717) is 5.41 Å². The number of aromatic nitrogens is 3. The summed E-state index contributed by atoms with van der Waals surface area (Å²) in [6.07, 6.45) is 9.30. The van der Waals surface area contributed by atoms with Gasteiger partial charge in [-0.2, -0.15) is 5.10 Å². The van der Waals surface area contributed by atoms with Gasteiger partial charge in [0.05, 0.1) is 0 Å². The van der Waals surface area contributed by atoms with Gasteiger partial charge in [0.1, 0.15) is 12.2 Å². The Labute approximate surface area is 106 Å². The summed E-state index contributed by atoms with van der Waals surface area (Å²) in [5.41, 5.74) is 0.443. The lowest BCUT2D eigenvalue weighted by Gasteiger charge is -2.25. The number of rotatable bonds is 5. The van der Waals surface area contributed by atoms with E-state index in [1.165, 1.54) is 31.5 Å². The molecule has 0 atom stereocenters. The molecule has 0 aliphatic heterocycles. The van der Waals surface area contributed by atoms with Crippen molar-refractivity contribution in [2.75, 3.05) is 5.33 Å². The minimum atomic E-state index is 0.443. The minimum Gasteiger partial charge on any atom is -0.250 e. The fourth-order valence-electron chi connectivity index (χ4n) is 2.64. The first-order chi connectivity index (χ1) is 7.79. The van der Waals surface area contributed by atoms with E-state index in [1.807, 2.05) is 0 Å². The Bertz CT molecular complexity index is 329. The van der Waals surface area contributed by atoms with Crippen LogP contribution in [-0.2, 0) is 13.0 Å². The monoisotopic (exact) mass is 285 g/mol. The third kappa shape index (κ3) is 2.47. The van der Waals surface area contributed by atoms with Crippen molar-refractivity contribution in [3.8, 4) is 0 Å². The van der Waals surface area contributed by atoms with Crippen molar-refractivity contribution in [2.24, 2.45) is 5.41 Å². The topological polar surface area (TPSA) is 30.7 Å². The second kappa shape index (κ2) is 5.30. The Kier molecular flexibility index (Phi) is 4.00. The molecule has 1 aromatic rings. The standard InChI is InChI=1S/C12H20BrN3/c1-2-7-16-11(14-10-15-16)8-12(9-13)5-3-4-6-12/h10H,2-9H2,1H3. The van der Waals surface area contributed by atoms with Crippen LogP contribution < -0.4 is 0 Å². The van der Waals surface area contributed by atoms with Gasteiger partial charge in [-0.3, -0.25) is 4.68 Å². The zero-order chi connectivity index (χ0) is 11.4. The van der Waals surface area contributed by atoms with Crippen LogP contribution in [0.4, 0.5) is 0 Å². The van der Waals surface area contributed by atoms with Gasteiger partial charge in [-0.1, -0.05) is 35.7 Å². The van der Waals surface area contributed by atoms with Crippen molar-refractivity contribution in [2.45, 2.75) is 52.0 Å². The minimum absolute atomic E-state index is 0.443. The van der Waals surface area contributed by atoms with E-state index in [2.05, 4.69) is 37.6 Å². The smallest absolute Gasteiger partial charge is 0.138 e. The van der Waals surface area contributed by atoms with Gasteiger partial charge in [0.25, 0.3) is 0 Å². The highest BCUT2D eigenvalue weighted by Crippen LogP contribution is 2.41. The largest absolute Gasteiger partial charge is 0.250 e. The predicted octanol–water partition coefficient (Wildman–Crippen LogP) is 3.19. The number of nitrogens with zero attached hydrogens (tertiary/aromatic N) is 3. The van der Waals surface area contributed by atoms with Crippen LogP contribution in [0.25, 0.3) is 0 Å². The first-order valence-corrected chi connectivity index (χ1v) is 7.34. The average Bonchev–Trinajstić information content (AvgIpc) is 2.91. The van der Waals surface area contributed by atoms with Crippen molar-refractivity contribution in [3.63, 3.8) is 0 Å². The maximum Gasteiger partial charge on any atom is 0.138 e. The van der Waals surface area contributed by atoms with Crippen LogP contribution in [0.1, 0.15) is 44.9 Å². The molecule has 0 radical (unpaired) electrons. The summed E-state index contributed by atoms with van der Waals surface area (Å²) in [5.74, 6) is 1.17. The van der Waals surface area contributed by atoms with Crippen LogP contribution in [0.15, 0.2) is 6.33 Å². The molecule has 16 heavy (non-hydrogen) atoms. The summed E-state index contributed by atoms with van der Waals surface area (Å²) >= 11 is 3.69. The third-order valence-electron chi connectivity index (χ3n) is 3.61. The zero-order valence-corrected chi connectivity index (χ0v) is 11.5. The Hall–Kier alpha value is -0.380. The van der Waals surface area contributed by atoms with Crippen molar-refractivity contribution in [3.05, 3.63) is 12.2 Å². The quantitative estimate of drug-likeness (QED) is 0.778. The van der Waals surface area contributed by atoms with Crippen molar-refractivity contribution in [1.29, 1.82) is 0 Å². The van der Waals surface area contributed by atoms with Crippen LogP contribution in [0.5, 0.6) is 0 Å². The molecule has 1 saturated carbocycles. The number of hydrogen-bond donors (Lipinski definition) is 0. The Morgan fingerprint density at radius 3 is 2.81 bits per heavy atom. The number of halogens is 1. The SMILES string of the molecule is CCCn1ncnc1CC1(CBr)CCCC1. The van der Waals surface area contributed by atoms with E-state index in [4.69, 9.17) is 0 Å². The van der Waals surface area contributed by atoms with Gasteiger partial charge in [-0.05, 0) is 24.7 Å². The van der Waals surface area contributed by atoms with Gasteiger partial charge in [0.2, 0.25) is 0 Å². The summed E-state index contributed by atoms with van der Waals surface area (Å²) in [6.45, 7) is 3.18. The van der Waals surface area contributed by atoms with Gasteiger partial charge in [0, 0.05) is 18.3 Å². The van der Waals surface area contributed by atoms with Gasteiger partial charge >= 0.3 is 0 Å². The summed E-state index contributed by atoms with van der Waals surface area (Å²) in [4.78, 5) is 4.42. The maximum absolute atomic E-state index is 4.42. The summed E-state index contributed by atoms with van der Waals surface area (Å²) in [7, 11) is 0. The molecule has 3 nitrogen and oxygen atoms in total. The highest BCUT2D eigenvalue weighted by atomic mass is 79.9. The summed E-state index contributed by atoms with van der Waals surface area (Å²) in [6, 6.07) is 0. The molecule has 2 rings (SSSR count). The molecule has 1 aliphatic carbocycles. The molecule has 4 heteroatoms. The molecule has 0 aromatic carbocycles. The maximum atomic E-state index is 4.42. The van der Waals surface area contributed by atoms with Crippen LogP contribution in [0.3, 0.4) is 0 Å². The third-order valence-corrected chi connectivity index (χ3v) is 4.80.